The molecular formula is C30H30O4. The fourth-order valence-electron chi connectivity index (χ4n) is 4.68. The standard InChI is InChI=1S/C30H30O4/c1-7-23-24(13-14-26(31-3)30(23)34-6)29-19(2)25-18-28(33-5)27(32-4)17-21(25)16-22(29)15-20-11-9-8-10-12-20/h7-14,16-18H,1,15H2,2-6H3. The SMILES string of the molecule is C=Cc1c(-c2c(Cc3ccccc3)cc3cc(OC)c(OC)cc3c2C)ccc(OC)c1OC. The summed E-state index contributed by atoms with van der Waals surface area (Å²) in [7, 11) is 6.62. The van der Waals surface area contributed by atoms with Gasteiger partial charge in [-0.25, -0.2) is 0 Å². The van der Waals surface area contributed by atoms with E-state index in [4.69, 9.17) is 18.9 Å². The molecule has 0 saturated carbocycles. The average molecular weight is 455 g/mol. The molecule has 174 valence electrons. The van der Waals surface area contributed by atoms with Gasteiger partial charge in [0.2, 0.25) is 0 Å². The van der Waals surface area contributed by atoms with Gasteiger partial charge in [-0.05, 0) is 76.2 Å². The van der Waals surface area contributed by atoms with Crippen molar-refractivity contribution >= 4 is 16.8 Å². The number of rotatable bonds is 8. The highest BCUT2D eigenvalue weighted by molar-refractivity contribution is 5.97. The molecule has 0 spiro atoms. The molecular weight excluding hydrogens is 424 g/mol. The molecule has 0 atom stereocenters. The van der Waals surface area contributed by atoms with E-state index in [1.807, 2.05) is 30.3 Å². The zero-order chi connectivity index (χ0) is 24.2. The van der Waals surface area contributed by atoms with Gasteiger partial charge in [0, 0.05) is 5.56 Å². The van der Waals surface area contributed by atoms with Crippen molar-refractivity contribution in [3.8, 4) is 34.1 Å². The van der Waals surface area contributed by atoms with Gasteiger partial charge < -0.3 is 18.9 Å². The van der Waals surface area contributed by atoms with Crippen LogP contribution < -0.4 is 18.9 Å². The molecule has 0 aliphatic carbocycles. The fraction of sp³-hybridized carbons (Fsp3) is 0.200. The van der Waals surface area contributed by atoms with E-state index < -0.39 is 0 Å². The predicted molar refractivity (Wildman–Crippen MR) is 140 cm³/mol. The van der Waals surface area contributed by atoms with Crippen molar-refractivity contribution in [1.82, 2.24) is 0 Å². The maximum absolute atomic E-state index is 5.74. The largest absolute Gasteiger partial charge is 0.493 e. The van der Waals surface area contributed by atoms with Gasteiger partial charge in [0.25, 0.3) is 0 Å². The topological polar surface area (TPSA) is 36.9 Å². The Labute approximate surface area is 201 Å². The minimum atomic E-state index is 0.674. The third-order valence-corrected chi connectivity index (χ3v) is 6.28. The van der Waals surface area contributed by atoms with E-state index in [2.05, 4.69) is 49.9 Å². The first-order valence-corrected chi connectivity index (χ1v) is 11.2. The smallest absolute Gasteiger partial charge is 0.168 e. The Balaban J connectivity index is 2.08. The summed E-state index contributed by atoms with van der Waals surface area (Å²) in [6.45, 7) is 6.24. The van der Waals surface area contributed by atoms with E-state index in [-0.39, 0.29) is 0 Å². The van der Waals surface area contributed by atoms with Crippen LogP contribution in [0, 0.1) is 6.92 Å². The number of aryl methyl sites for hydroxylation is 1. The monoisotopic (exact) mass is 454 g/mol. The third-order valence-electron chi connectivity index (χ3n) is 6.28. The molecule has 0 fully saturated rings. The predicted octanol–water partition coefficient (Wildman–Crippen LogP) is 7.08. The highest BCUT2D eigenvalue weighted by atomic mass is 16.5. The molecule has 0 unspecified atom stereocenters. The van der Waals surface area contributed by atoms with Crippen LogP contribution in [-0.4, -0.2) is 28.4 Å². The van der Waals surface area contributed by atoms with Gasteiger partial charge in [0.15, 0.2) is 23.0 Å². The summed E-state index contributed by atoms with van der Waals surface area (Å²) in [6, 6.07) is 20.9. The van der Waals surface area contributed by atoms with Crippen LogP contribution in [0.3, 0.4) is 0 Å². The van der Waals surface area contributed by atoms with E-state index in [1.165, 1.54) is 11.1 Å². The molecule has 4 nitrogen and oxygen atoms in total. The van der Waals surface area contributed by atoms with Crippen LogP contribution in [0.1, 0.15) is 22.3 Å². The number of ether oxygens (including phenoxy) is 4. The molecule has 0 aromatic heterocycles. The number of methoxy groups -OCH3 is 4. The van der Waals surface area contributed by atoms with Gasteiger partial charge in [-0.3, -0.25) is 0 Å². The fourth-order valence-corrected chi connectivity index (χ4v) is 4.68. The van der Waals surface area contributed by atoms with E-state index in [0.29, 0.717) is 23.0 Å². The van der Waals surface area contributed by atoms with Crippen LogP contribution in [0.25, 0.3) is 28.0 Å². The molecule has 4 heteroatoms. The Kier molecular flexibility index (Phi) is 6.78. The average Bonchev–Trinajstić information content (AvgIpc) is 2.88. The van der Waals surface area contributed by atoms with Crippen molar-refractivity contribution in [2.45, 2.75) is 13.3 Å². The minimum Gasteiger partial charge on any atom is -0.493 e. The summed E-state index contributed by atoms with van der Waals surface area (Å²) < 4.78 is 22.5. The summed E-state index contributed by atoms with van der Waals surface area (Å²) in [5.41, 5.74) is 6.70. The van der Waals surface area contributed by atoms with Gasteiger partial charge in [0.1, 0.15) is 0 Å². The first-order valence-electron chi connectivity index (χ1n) is 11.2. The molecule has 4 aromatic carbocycles. The Bertz CT molecular complexity index is 1340. The summed E-state index contributed by atoms with van der Waals surface area (Å²) in [5.74, 6) is 2.77. The van der Waals surface area contributed by atoms with Gasteiger partial charge in [-0.1, -0.05) is 49.1 Å². The lowest BCUT2D eigenvalue weighted by atomic mass is 9.85. The van der Waals surface area contributed by atoms with Crippen molar-refractivity contribution in [2.75, 3.05) is 28.4 Å². The molecule has 0 radical (unpaired) electrons. The molecule has 4 rings (SSSR count). The molecule has 4 aromatic rings. The molecule has 0 N–H and O–H groups in total. The van der Waals surface area contributed by atoms with Gasteiger partial charge in [0.05, 0.1) is 28.4 Å². The molecule has 0 aliphatic heterocycles. The van der Waals surface area contributed by atoms with Crippen molar-refractivity contribution in [1.29, 1.82) is 0 Å². The van der Waals surface area contributed by atoms with Crippen molar-refractivity contribution in [3.63, 3.8) is 0 Å². The Morgan fingerprint density at radius 3 is 2.06 bits per heavy atom. The zero-order valence-corrected chi connectivity index (χ0v) is 20.4. The van der Waals surface area contributed by atoms with E-state index in [1.54, 1.807) is 28.4 Å². The van der Waals surface area contributed by atoms with Crippen LogP contribution in [0.5, 0.6) is 23.0 Å². The van der Waals surface area contributed by atoms with Crippen molar-refractivity contribution < 1.29 is 18.9 Å². The normalized spacial score (nSPS) is 10.7. The van der Waals surface area contributed by atoms with Gasteiger partial charge in [-0.15, -0.1) is 0 Å². The first kappa shape index (κ1) is 23.2. The quantitative estimate of drug-likeness (QED) is 0.285. The van der Waals surface area contributed by atoms with E-state index >= 15 is 0 Å². The molecule has 0 bridgehead atoms. The van der Waals surface area contributed by atoms with Gasteiger partial charge >= 0.3 is 0 Å². The van der Waals surface area contributed by atoms with E-state index in [0.717, 1.165) is 39.4 Å². The number of hydrogen-bond acceptors (Lipinski definition) is 4. The molecule has 0 saturated heterocycles. The minimum absolute atomic E-state index is 0.674. The highest BCUT2D eigenvalue weighted by Gasteiger charge is 2.20. The van der Waals surface area contributed by atoms with Crippen LogP contribution in [0.2, 0.25) is 0 Å². The summed E-state index contributed by atoms with van der Waals surface area (Å²) in [4.78, 5) is 0. The highest BCUT2D eigenvalue weighted by Crippen LogP contribution is 2.44. The number of fused-ring (bicyclic) bond motifs is 1. The first-order chi connectivity index (χ1) is 16.6. The Morgan fingerprint density at radius 2 is 1.44 bits per heavy atom. The Hall–Kier alpha value is -3.92. The third kappa shape index (κ3) is 4.08. The lowest BCUT2D eigenvalue weighted by Gasteiger charge is -2.21. The van der Waals surface area contributed by atoms with Crippen molar-refractivity contribution in [2.24, 2.45) is 0 Å². The maximum Gasteiger partial charge on any atom is 0.168 e. The summed E-state index contributed by atoms with van der Waals surface area (Å²) >= 11 is 0. The van der Waals surface area contributed by atoms with Crippen LogP contribution in [0.15, 0.2) is 67.2 Å². The Morgan fingerprint density at radius 1 is 0.765 bits per heavy atom. The van der Waals surface area contributed by atoms with Crippen LogP contribution in [-0.2, 0) is 6.42 Å². The lowest BCUT2D eigenvalue weighted by molar-refractivity contribution is 0.354. The molecule has 0 aliphatic rings. The van der Waals surface area contributed by atoms with E-state index in [9.17, 15) is 0 Å². The molecule has 0 amide bonds. The number of hydrogen-bond donors (Lipinski definition) is 0. The maximum atomic E-state index is 5.74. The van der Waals surface area contributed by atoms with Crippen LogP contribution in [0.4, 0.5) is 0 Å². The zero-order valence-electron chi connectivity index (χ0n) is 20.4. The molecule has 0 heterocycles. The van der Waals surface area contributed by atoms with Gasteiger partial charge in [-0.2, -0.15) is 0 Å². The second kappa shape index (κ2) is 9.92. The van der Waals surface area contributed by atoms with Crippen molar-refractivity contribution in [3.05, 3.63) is 89.5 Å². The second-order valence-corrected chi connectivity index (χ2v) is 8.09. The number of benzene rings is 4. The summed E-state index contributed by atoms with van der Waals surface area (Å²) in [5, 5.41) is 2.21. The molecule has 34 heavy (non-hydrogen) atoms. The second-order valence-electron chi connectivity index (χ2n) is 8.09. The summed E-state index contributed by atoms with van der Waals surface area (Å²) in [6.07, 6.45) is 2.62. The lowest BCUT2D eigenvalue weighted by Crippen LogP contribution is -2.01. The van der Waals surface area contributed by atoms with Crippen LogP contribution >= 0.6 is 0 Å².